The van der Waals surface area contributed by atoms with E-state index in [1.54, 1.807) is 19.0 Å². The van der Waals surface area contributed by atoms with Crippen molar-refractivity contribution >= 4 is 35.8 Å². The van der Waals surface area contributed by atoms with Gasteiger partial charge >= 0.3 is 0 Å². The van der Waals surface area contributed by atoms with E-state index in [9.17, 15) is 9.18 Å². The van der Waals surface area contributed by atoms with Crippen molar-refractivity contribution < 1.29 is 18.7 Å². The molecule has 2 N–H and O–H groups in total. The Bertz CT molecular complexity index is 969. The standard InChI is InChI=1S/C24H31FN4O3.HI/c1-4-26-24(27-10-8-17-6-5-7-19(12-17)23(30)29(2)3)28-11-9-18-13-21(25)14-20-15-31-16-32-22(18)20;/h5-7,12-14H,4,8-11,15-16H2,1-3H3,(H2,26,27,28);1H. The molecule has 0 spiro atoms. The Morgan fingerprint density at radius 3 is 2.76 bits per heavy atom. The lowest BCUT2D eigenvalue weighted by molar-refractivity contribution is -0.0172. The van der Waals surface area contributed by atoms with Gasteiger partial charge in [0, 0.05) is 44.9 Å². The lowest BCUT2D eigenvalue weighted by Crippen LogP contribution is -2.38. The van der Waals surface area contributed by atoms with Crippen molar-refractivity contribution in [2.45, 2.75) is 26.4 Å². The summed E-state index contributed by atoms with van der Waals surface area (Å²) in [5.74, 6) is 1.10. The molecule has 2 aromatic rings. The molecule has 0 aromatic heterocycles. The van der Waals surface area contributed by atoms with Crippen LogP contribution < -0.4 is 15.4 Å². The van der Waals surface area contributed by atoms with Gasteiger partial charge in [-0.05, 0) is 55.2 Å². The summed E-state index contributed by atoms with van der Waals surface area (Å²) in [5, 5.41) is 6.54. The van der Waals surface area contributed by atoms with Crippen LogP contribution in [0.15, 0.2) is 41.4 Å². The zero-order valence-corrected chi connectivity index (χ0v) is 21.6. The molecule has 2 aromatic carbocycles. The summed E-state index contributed by atoms with van der Waals surface area (Å²) in [6.07, 6.45) is 1.32. The van der Waals surface area contributed by atoms with Gasteiger partial charge in [0.15, 0.2) is 12.8 Å². The predicted octanol–water partition coefficient (Wildman–Crippen LogP) is 3.35. The van der Waals surface area contributed by atoms with Crippen molar-refractivity contribution in [3.05, 3.63) is 64.5 Å². The maximum atomic E-state index is 13.9. The largest absolute Gasteiger partial charge is 0.467 e. The van der Waals surface area contributed by atoms with Crippen LogP contribution in [-0.2, 0) is 24.2 Å². The Morgan fingerprint density at radius 2 is 2.00 bits per heavy atom. The minimum atomic E-state index is -0.295. The van der Waals surface area contributed by atoms with Crippen LogP contribution in [0.1, 0.15) is 34.0 Å². The number of amides is 1. The second kappa shape index (κ2) is 13.3. The molecule has 3 rings (SSSR count). The maximum absolute atomic E-state index is 13.9. The van der Waals surface area contributed by atoms with E-state index >= 15 is 0 Å². The lowest BCUT2D eigenvalue weighted by Gasteiger charge is -2.20. The Morgan fingerprint density at radius 1 is 1.18 bits per heavy atom. The molecule has 0 saturated heterocycles. The summed E-state index contributed by atoms with van der Waals surface area (Å²) in [5.41, 5.74) is 3.28. The second-order valence-electron chi connectivity index (χ2n) is 7.75. The topological polar surface area (TPSA) is 75.2 Å². The molecular weight excluding hydrogens is 538 g/mol. The highest BCUT2D eigenvalue weighted by Crippen LogP contribution is 2.29. The highest BCUT2D eigenvalue weighted by Gasteiger charge is 2.16. The summed E-state index contributed by atoms with van der Waals surface area (Å²) in [4.78, 5) is 18.3. The van der Waals surface area contributed by atoms with Gasteiger partial charge in [0.1, 0.15) is 11.6 Å². The van der Waals surface area contributed by atoms with Gasteiger partial charge in [-0.1, -0.05) is 12.1 Å². The van der Waals surface area contributed by atoms with Gasteiger partial charge in [0.2, 0.25) is 0 Å². The van der Waals surface area contributed by atoms with Crippen molar-refractivity contribution in [1.29, 1.82) is 0 Å². The van der Waals surface area contributed by atoms with E-state index in [-0.39, 0.29) is 42.5 Å². The van der Waals surface area contributed by atoms with Crippen LogP contribution in [-0.4, -0.2) is 57.3 Å². The molecule has 33 heavy (non-hydrogen) atoms. The predicted molar refractivity (Wildman–Crippen MR) is 138 cm³/mol. The molecule has 7 nitrogen and oxygen atoms in total. The molecule has 0 aliphatic carbocycles. The summed E-state index contributed by atoms with van der Waals surface area (Å²) in [6.45, 7) is 4.43. The first kappa shape index (κ1) is 26.8. The van der Waals surface area contributed by atoms with Gasteiger partial charge in [-0.3, -0.25) is 9.79 Å². The Hall–Kier alpha value is -2.40. The summed E-state index contributed by atoms with van der Waals surface area (Å²) in [6, 6.07) is 10.6. The van der Waals surface area contributed by atoms with E-state index in [1.165, 1.54) is 12.1 Å². The molecular formula is C24H32FIN4O3. The van der Waals surface area contributed by atoms with Gasteiger partial charge in [0.25, 0.3) is 5.91 Å². The fraction of sp³-hybridized carbons (Fsp3) is 0.417. The van der Waals surface area contributed by atoms with Crippen LogP contribution in [0.5, 0.6) is 5.75 Å². The van der Waals surface area contributed by atoms with E-state index in [1.807, 2.05) is 31.2 Å². The molecule has 0 radical (unpaired) electrons. The molecule has 0 saturated carbocycles. The summed E-state index contributed by atoms with van der Waals surface area (Å²) < 4.78 is 24.7. The van der Waals surface area contributed by atoms with E-state index in [4.69, 9.17) is 9.47 Å². The van der Waals surface area contributed by atoms with Gasteiger partial charge in [-0.25, -0.2) is 4.39 Å². The van der Waals surface area contributed by atoms with Crippen molar-refractivity contribution in [1.82, 2.24) is 15.5 Å². The van der Waals surface area contributed by atoms with E-state index in [0.717, 1.165) is 29.7 Å². The monoisotopic (exact) mass is 570 g/mol. The van der Waals surface area contributed by atoms with Gasteiger partial charge in [0.05, 0.1) is 6.61 Å². The maximum Gasteiger partial charge on any atom is 0.253 e. The number of nitrogens with one attached hydrogen (secondary N) is 2. The Balaban J connectivity index is 0.00000385. The average Bonchev–Trinajstić information content (AvgIpc) is 2.78. The van der Waals surface area contributed by atoms with Crippen molar-refractivity contribution in [3.8, 4) is 5.75 Å². The van der Waals surface area contributed by atoms with Crippen LogP contribution in [0.4, 0.5) is 4.39 Å². The van der Waals surface area contributed by atoms with Crippen LogP contribution in [0.3, 0.4) is 0 Å². The first-order chi connectivity index (χ1) is 15.5. The molecule has 1 amide bonds. The zero-order chi connectivity index (χ0) is 22.9. The van der Waals surface area contributed by atoms with E-state index in [2.05, 4.69) is 15.6 Å². The normalized spacial score (nSPS) is 12.8. The van der Waals surface area contributed by atoms with Gasteiger partial charge in [-0.15, -0.1) is 24.0 Å². The summed E-state index contributed by atoms with van der Waals surface area (Å²) >= 11 is 0. The van der Waals surface area contributed by atoms with Crippen molar-refractivity contribution in [3.63, 3.8) is 0 Å². The lowest BCUT2D eigenvalue weighted by atomic mass is 10.1. The molecule has 0 unspecified atom stereocenters. The van der Waals surface area contributed by atoms with Crippen molar-refractivity contribution in [2.24, 2.45) is 4.99 Å². The average molecular weight is 570 g/mol. The number of carbonyl (C=O) groups is 1. The number of hydrogen-bond donors (Lipinski definition) is 2. The smallest absolute Gasteiger partial charge is 0.253 e. The van der Waals surface area contributed by atoms with E-state index < -0.39 is 0 Å². The number of nitrogens with zero attached hydrogens (tertiary/aromatic N) is 2. The first-order valence-corrected chi connectivity index (χ1v) is 10.8. The zero-order valence-electron chi connectivity index (χ0n) is 19.3. The molecule has 9 heteroatoms. The third-order valence-corrected chi connectivity index (χ3v) is 5.03. The molecule has 1 aliphatic rings. The minimum Gasteiger partial charge on any atom is -0.467 e. The number of ether oxygens (including phenoxy) is 2. The Kier molecular flexibility index (Phi) is 10.9. The number of halogens is 2. The molecule has 0 bridgehead atoms. The van der Waals surface area contributed by atoms with E-state index in [0.29, 0.717) is 43.4 Å². The third kappa shape index (κ3) is 7.85. The van der Waals surface area contributed by atoms with Crippen LogP contribution >= 0.6 is 24.0 Å². The van der Waals surface area contributed by atoms with Crippen LogP contribution in [0.25, 0.3) is 0 Å². The molecule has 0 atom stereocenters. The first-order valence-electron chi connectivity index (χ1n) is 10.8. The second-order valence-corrected chi connectivity index (χ2v) is 7.75. The van der Waals surface area contributed by atoms with Gasteiger partial charge < -0.3 is 25.0 Å². The molecule has 1 aliphatic heterocycles. The fourth-order valence-corrected chi connectivity index (χ4v) is 3.52. The van der Waals surface area contributed by atoms with Gasteiger partial charge in [-0.2, -0.15) is 0 Å². The highest BCUT2D eigenvalue weighted by atomic mass is 127. The van der Waals surface area contributed by atoms with Crippen LogP contribution in [0.2, 0.25) is 0 Å². The number of fused-ring (bicyclic) bond motifs is 1. The number of hydrogen-bond acceptors (Lipinski definition) is 4. The quantitative estimate of drug-likeness (QED) is 0.290. The minimum absolute atomic E-state index is 0. The molecule has 180 valence electrons. The SMILES string of the molecule is CCNC(=NCCc1cc(F)cc2c1OCOC2)NCCc1cccc(C(=O)N(C)C)c1.I. The number of benzene rings is 2. The van der Waals surface area contributed by atoms with Crippen molar-refractivity contribution in [2.75, 3.05) is 40.5 Å². The molecule has 0 fully saturated rings. The summed E-state index contributed by atoms with van der Waals surface area (Å²) in [7, 11) is 3.49. The number of guanidine groups is 1. The number of rotatable bonds is 8. The molecule has 1 heterocycles. The third-order valence-electron chi connectivity index (χ3n) is 5.03. The van der Waals surface area contributed by atoms with Crippen LogP contribution in [0, 0.1) is 5.82 Å². The number of carbonyl (C=O) groups excluding carboxylic acids is 1. The Labute approximate surface area is 211 Å². The number of aliphatic imine (C=N–C) groups is 1. The highest BCUT2D eigenvalue weighted by molar-refractivity contribution is 14.0. The fourth-order valence-electron chi connectivity index (χ4n) is 3.52.